The quantitative estimate of drug-likeness (QED) is 0.319. The molecular formula is C28H25FN2O4. The van der Waals surface area contributed by atoms with E-state index in [2.05, 4.69) is 4.90 Å². The van der Waals surface area contributed by atoms with Crippen molar-refractivity contribution in [3.05, 3.63) is 95.3 Å². The minimum absolute atomic E-state index is 0.0570. The monoisotopic (exact) mass is 472 g/mol. The van der Waals surface area contributed by atoms with Crippen molar-refractivity contribution in [2.24, 2.45) is 0 Å². The fourth-order valence-electron chi connectivity index (χ4n) is 4.78. The molecular weight excluding hydrogens is 447 g/mol. The molecule has 0 radical (unpaired) electrons. The Morgan fingerprint density at radius 2 is 1.60 bits per heavy atom. The van der Waals surface area contributed by atoms with Gasteiger partial charge in [-0.2, -0.15) is 0 Å². The molecule has 0 saturated carbocycles. The summed E-state index contributed by atoms with van der Waals surface area (Å²) in [4.78, 5) is 30.2. The van der Waals surface area contributed by atoms with Gasteiger partial charge >= 0.3 is 0 Å². The van der Waals surface area contributed by atoms with Crippen molar-refractivity contribution in [2.45, 2.75) is 18.9 Å². The SMILES string of the molecule is COc1cccc(/C(O)=C2\C(=O)C(=O)N(c3ccc(N4CCCC4)cc3)C2c2ccc(F)cc2)c1. The van der Waals surface area contributed by atoms with E-state index in [1.54, 1.807) is 36.4 Å². The molecule has 0 spiro atoms. The molecule has 1 unspecified atom stereocenters. The topological polar surface area (TPSA) is 70.1 Å². The van der Waals surface area contributed by atoms with E-state index >= 15 is 0 Å². The predicted octanol–water partition coefficient (Wildman–Crippen LogP) is 5.06. The molecule has 1 N–H and O–H groups in total. The van der Waals surface area contributed by atoms with Crippen LogP contribution in [0.3, 0.4) is 0 Å². The van der Waals surface area contributed by atoms with Gasteiger partial charge in [0.1, 0.15) is 17.3 Å². The highest BCUT2D eigenvalue weighted by molar-refractivity contribution is 6.51. The summed E-state index contributed by atoms with van der Waals surface area (Å²) < 4.78 is 19.0. The Labute approximate surface area is 202 Å². The smallest absolute Gasteiger partial charge is 0.300 e. The summed E-state index contributed by atoms with van der Waals surface area (Å²) in [7, 11) is 1.50. The third-order valence-corrected chi connectivity index (χ3v) is 6.57. The lowest BCUT2D eigenvalue weighted by molar-refractivity contribution is -0.132. The molecule has 2 saturated heterocycles. The zero-order valence-corrected chi connectivity index (χ0v) is 19.3. The summed E-state index contributed by atoms with van der Waals surface area (Å²) in [6, 6.07) is 18.8. The molecule has 6 nitrogen and oxygen atoms in total. The molecule has 0 aromatic heterocycles. The van der Waals surface area contributed by atoms with Crippen molar-refractivity contribution >= 4 is 28.8 Å². The fourth-order valence-corrected chi connectivity index (χ4v) is 4.78. The van der Waals surface area contributed by atoms with Crippen LogP contribution in [0.4, 0.5) is 15.8 Å². The molecule has 0 aliphatic carbocycles. The number of methoxy groups -OCH3 is 1. The van der Waals surface area contributed by atoms with Gasteiger partial charge in [-0.15, -0.1) is 0 Å². The van der Waals surface area contributed by atoms with Crippen LogP contribution >= 0.6 is 0 Å². The van der Waals surface area contributed by atoms with Crippen molar-refractivity contribution in [3.63, 3.8) is 0 Å². The lowest BCUT2D eigenvalue weighted by atomic mass is 9.95. The molecule has 3 aromatic carbocycles. The first-order valence-corrected chi connectivity index (χ1v) is 11.5. The Bertz CT molecular complexity index is 1300. The van der Waals surface area contributed by atoms with Gasteiger partial charge in [0.05, 0.1) is 18.7 Å². The van der Waals surface area contributed by atoms with Crippen LogP contribution in [0.5, 0.6) is 5.75 Å². The molecule has 3 aromatic rings. The maximum absolute atomic E-state index is 13.7. The van der Waals surface area contributed by atoms with Crippen molar-refractivity contribution in [1.29, 1.82) is 0 Å². The van der Waals surface area contributed by atoms with Gasteiger partial charge in [-0.1, -0.05) is 24.3 Å². The highest BCUT2D eigenvalue weighted by Crippen LogP contribution is 2.42. The van der Waals surface area contributed by atoms with Gasteiger partial charge in [-0.3, -0.25) is 14.5 Å². The normalized spacial score (nSPS) is 19.4. The van der Waals surface area contributed by atoms with Crippen LogP contribution < -0.4 is 14.5 Å². The van der Waals surface area contributed by atoms with Crippen LogP contribution in [0.2, 0.25) is 0 Å². The van der Waals surface area contributed by atoms with Crippen LogP contribution in [-0.4, -0.2) is 37.0 Å². The number of carbonyl (C=O) groups is 2. The third-order valence-electron chi connectivity index (χ3n) is 6.57. The van der Waals surface area contributed by atoms with Crippen molar-refractivity contribution in [2.75, 3.05) is 30.0 Å². The van der Waals surface area contributed by atoms with E-state index in [1.807, 2.05) is 12.1 Å². The van der Waals surface area contributed by atoms with Gasteiger partial charge < -0.3 is 14.7 Å². The lowest BCUT2D eigenvalue weighted by Crippen LogP contribution is -2.29. The van der Waals surface area contributed by atoms with Gasteiger partial charge in [0, 0.05) is 30.0 Å². The minimum Gasteiger partial charge on any atom is -0.507 e. The Morgan fingerprint density at radius 3 is 2.26 bits per heavy atom. The molecule has 5 rings (SSSR count). The Morgan fingerprint density at radius 1 is 0.943 bits per heavy atom. The van der Waals surface area contributed by atoms with E-state index in [-0.39, 0.29) is 11.3 Å². The van der Waals surface area contributed by atoms with Gasteiger partial charge in [-0.05, 0) is 66.9 Å². The average Bonchev–Trinajstić information content (AvgIpc) is 3.52. The average molecular weight is 473 g/mol. The number of amides is 1. The maximum atomic E-state index is 13.7. The second kappa shape index (κ2) is 9.25. The number of ether oxygens (including phenoxy) is 1. The Hall–Kier alpha value is -4.13. The van der Waals surface area contributed by atoms with E-state index in [0.717, 1.165) is 31.6 Å². The summed E-state index contributed by atoms with van der Waals surface area (Å²) in [5, 5.41) is 11.2. The number of anilines is 2. The molecule has 0 bridgehead atoms. The number of hydrogen-bond donors (Lipinski definition) is 1. The van der Waals surface area contributed by atoms with E-state index in [1.165, 1.54) is 36.3 Å². The number of hydrogen-bond acceptors (Lipinski definition) is 5. The van der Waals surface area contributed by atoms with Crippen LogP contribution in [0.25, 0.3) is 5.76 Å². The number of carbonyl (C=O) groups excluding carboxylic acids is 2. The summed E-state index contributed by atoms with van der Waals surface area (Å²) >= 11 is 0. The largest absolute Gasteiger partial charge is 0.507 e. The molecule has 1 atom stereocenters. The highest BCUT2D eigenvalue weighted by atomic mass is 19.1. The van der Waals surface area contributed by atoms with Crippen molar-refractivity contribution in [1.82, 2.24) is 0 Å². The van der Waals surface area contributed by atoms with Gasteiger partial charge in [-0.25, -0.2) is 4.39 Å². The number of Topliss-reactive ketones (excluding diaryl/α,β-unsaturated/α-hetero) is 1. The first kappa shape index (κ1) is 22.7. The van der Waals surface area contributed by atoms with Crippen LogP contribution in [0.15, 0.2) is 78.4 Å². The Balaban J connectivity index is 1.63. The van der Waals surface area contributed by atoms with E-state index in [0.29, 0.717) is 22.6 Å². The van der Waals surface area contributed by atoms with Crippen LogP contribution in [-0.2, 0) is 9.59 Å². The zero-order chi connectivity index (χ0) is 24.5. The molecule has 35 heavy (non-hydrogen) atoms. The van der Waals surface area contributed by atoms with Gasteiger partial charge in [0.15, 0.2) is 0 Å². The third kappa shape index (κ3) is 4.14. The number of nitrogens with zero attached hydrogens (tertiary/aromatic N) is 2. The predicted molar refractivity (Wildman–Crippen MR) is 132 cm³/mol. The van der Waals surface area contributed by atoms with E-state index in [9.17, 15) is 19.1 Å². The molecule has 2 aliphatic rings. The first-order valence-electron chi connectivity index (χ1n) is 11.5. The van der Waals surface area contributed by atoms with Crippen molar-refractivity contribution < 1.29 is 23.8 Å². The molecule has 2 heterocycles. The number of rotatable bonds is 5. The molecule has 7 heteroatoms. The second-order valence-electron chi connectivity index (χ2n) is 8.66. The van der Waals surface area contributed by atoms with E-state index < -0.39 is 23.5 Å². The Kier molecular flexibility index (Phi) is 5.99. The second-order valence-corrected chi connectivity index (χ2v) is 8.66. The van der Waals surface area contributed by atoms with Crippen LogP contribution in [0.1, 0.15) is 30.0 Å². The van der Waals surface area contributed by atoms with Gasteiger partial charge in [0.25, 0.3) is 11.7 Å². The standard InChI is InChI=1S/C28H25FN2O4/c1-35-23-6-4-5-19(17-23)26(32)24-25(18-7-9-20(29)10-8-18)31(28(34)27(24)33)22-13-11-21(12-14-22)30-15-2-3-16-30/h4-14,17,25,32H,2-3,15-16H2,1H3/b26-24+. The van der Waals surface area contributed by atoms with E-state index in [4.69, 9.17) is 4.74 Å². The highest BCUT2D eigenvalue weighted by Gasteiger charge is 2.47. The summed E-state index contributed by atoms with van der Waals surface area (Å²) in [6.45, 7) is 1.97. The lowest BCUT2D eigenvalue weighted by Gasteiger charge is -2.26. The fraction of sp³-hybridized carbons (Fsp3) is 0.214. The number of halogens is 1. The minimum atomic E-state index is -0.917. The van der Waals surface area contributed by atoms with Crippen molar-refractivity contribution in [3.8, 4) is 5.75 Å². The number of ketones is 1. The molecule has 2 aliphatic heterocycles. The summed E-state index contributed by atoms with van der Waals surface area (Å²) in [5.74, 6) is -1.80. The maximum Gasteiger partial charge on any atom is 0.300 e. The van der Waals surface area contributed by atoms with Crippen LogP contribution in [0, 0.1) is 5.82 Å². The number of benzene rings is 3. The summed E-state index contributed by atoms with van der Waals surface area (Å²) in [5.41, 5.74) is 2.38. The summed E-state index contributed by atoms with van der Waals surface area (Å²) in [6.07, 6.45) is 2.29. The zero-order valence-electron chi connectivity index (χ0n) is 19.3. The van der Waals surface area contributed by atoms with Gasteiger partial charge in [0.2, 0.25) is 0 Å². The number of aliphatic hydroxyl groups is 1. The first-order chi connectivity index (χ1) is 17.0. The molecule has 2 fully saturated rings. The molecule has 1 amide bonds. The number of aliphatic hydroxyl groups excluding tert-OH is 1. The molecule has 178 valence electrons.